The number of aromatic nitrogens is 4. The summed E-state index contributed by atoms with van der Waals surface area (Å²) in [6.45, 7) is 2.50. The van der Waals surface area contributed by atoms with Crippen LogP contribution < -0.4 is 16.1 Å². The van der Waals surface area contributed by atoms with Gasteiger partial charge in [0.1, 0.15) is 10.3 Å². The molecule has 0 unspecified atom stereocenters. The molecule has 3 aromatic heterocycles. The first-order valence-electron chi connectivity index (χ1n) is 9.14. The van der Waals surface area contributed by atoms with Crippen LogP contribution >= 0.6 is 11.3 Å². The lowest BCUT2D eigenvalue weighted by atomic mass is 10.2. The Hall–Kier alpha value is -3.27. The molecule has 0 saturated carbocycles. The Morgan fingerprint density at radius 2 is 1.93 bits per heavy atom. The molecular formula is C19H20N6O3S. The van der Waals surface area contributed by atoms with Gasteiger partial charge in [-0.25, -0.2) is 14.8 Å². The Balaban J connectivity index is 1.42. The highest BCUT2D eigenvalue weighted by Gasteiger charge is 2.22. The van der Waals surface area contributed by atoms with Crippen LogP contribution in [-0.4, -0.2) is 56.1 Å². The summed E-state index contributed by atoms with van der Waals surface area (Å²) in [5.41, 5.74) is 0.349. The van der Waals surface area contributed by atoms with Crippen LogP contribution in [0.25, 0.3) is 16.4 Å². The summed E-state index contributed by atoms with van der Waals surface area (Å²) < 4.78 is 2.34. The number of aryl methyl sites for hydroxylation is 1. The first-order chi connectivity index (χ1) is 13.9. The maximum atomic E-state index is 12.5. The fourth-order valence-corrected chi connectivity index (χ4v) is 4.19. The summed E-state index contributed by atoms with van der Waals surface area (Å²) in [6.07, 6.45) is 6.05. The lowest BCUT2D eigenvalue weighted by Crippen LogP contribution is -2.48. The molecule has 0 aliphatic carbocycles. The van der Waals surface area contributed by atoms with E-state index in [0.29, 0.717) is 31.7 Å². The van der Waals surface area contributed by atoms with Crippen molar-refractivity contribution in [3.8, 4) is 0 Å². The molecule has 1 saturated heterocycles. The van der Waals surface area contributed by atoms with Gasteiger partial charge in [-0.3, -0.25) is 14.2 Å². The molecule has 1 aliphatic heterocycles. The van der Waals surface area contributed by atoms with Gasteiger partial charge in [-0.2, -0.15) is 0 Å². The van der Waals surface area contributed by atoms with E-state index < -0.39 is 11.2 Å². The predicted molar refractivity (Wildman–Crippen MR) is 112 cm³/mol. The number of carbonyl (C=O) groups excluding carboxylic acids is 1. The van der Waals surface area contributed by atoms with Crippen molar-refractivity contribution in [1.29, 1.82) is 0 Å². The van der Waals surface area contributed by atoms with Crippen LogP contribution in [0.15, 0.2) is 40.2 Å². The number of fused-ring (bicyclic) bond motifs is 1. The Labute approximate surface area is 170 Å². The molecule has 0 aromatic carbocycles. The second-order valence-corrected chi connectivity index (χ2v) is 7.77. The smallest absolute Gasteiger partial charge is 0.330 e. The molecule has 1 aliphatic rings. The van der Waals surface area contributed by atoms with Crippen LogP contribution in [0, 0.1) is 0 Å². The molecule has 29 heavy (non-hydrogen) atoms. The van der Waals surface area contributed by atoms with Crippen molar-refractivity contribution in [2.45, 2.75) is 0 Å². The third-order valence-corrected chi connectivity index (χ3v) is 5.94. The highest BCUT2D eigenvalue weighted by molar-refractivity contribution is 7.21. The molecule has 0 spiro atoms. The average Bonchev–Trinajstić information content (AvgIpc) is 3.18. The monoisotopic (exact) mass is 412 g/mol. The minimum Gasteiger partial charge on any atom is -0.344 e. The number of anilines is 1. The van der Waals surface area contributed by atoms with Crippen LogP contribution in [-0.2, 0) is 18.9 Å². The summed E-state index contributed by atoms with van der Waals surface area (Å²) in [7, 11) is 2.98. The molecule has 0 atom stereocenters. The van der Waals surface area contributed by atoms with Gasteiger partial charge in [0.15, 0.2) is 5.13 Å². The maximum absolute atomic E-state index is 12.5. The average molecular weight is 412 g/mol. The van der Waals surface area contributed by atoms with Crippen LogP contribution in [0.5, 0.6) is 0 Å². The summed E-state index contributed by atoms with van der Waals surface area (Å²) >= 11 is 1.55. The normalized spacial score (nSPS) is 14.8. The topological polar surface area (TPSA) is 93.3 Å². The first-order valence-corrected chi connectivity index (χ1v) is 9.96. The van der Waals surface area contributed by atoms with Gasteiger partial charge in [-0.1, -0.05) is 11.3 Å². The van der Waals surface area contributed by atoms with Gasteiger partial charge in [0.2, 0.25) is 5.91 Å². The minimum atomic E-state index is -0.425. The van der Waals surface area contributed by atoms with Gasteiger partial charge in [-0.15, -0.1) is 0 Å². The van der Waals surface area contributed by atoms with Gasteiger partial charge < -0.3 is 14.4 Å². The molecule has 3 aromatic rings. The number of nitrogens with zero attached hydrogens (tertiary/aromatic N) is 6. The summed E-state index contributed by atoms with van der Waals surface area (Å²) in [5.74, 6) is -0.161. The van der Waals surface area contributed by atoms with E-state index in [1.165, 1.54) is 30.0 Å². The molecule has 9 nitrogen and oxygen atoms in total. The molecule has 0 radical (unpaired) electrons. The maximum Gasteiger partial charge on any atom is 0.330 e. The third-order valence-electron chi connectivity index (χ3n) is 4.90. The Bertz CT molecular complexity index is 1180. The number of thiazole rings is 1. The van der Waals surface area contributed by atoms with Crippen molar-refractivity contribution in [1.82, 2.24) is 24.0 Å². The van der Waals surface area contributed by atoms with E-state index in [4.69, 9.17) is 0 Å². The van der Waals surface area contributed by atoms with Crippen molar-refractivity contribution >= 4 is 38.8 Å². The zero-order valence-corrected chi connectivity index (χ0v) is 16.9. The molecule has 1 amide bonds. The molecule has 4 heterocycles. The summed E-state index contributed by atoms with van der Waals surface area (Å²) in [6, 6.07) is 3.81. The standard InChI is InChI=1S/C19H20N6O3S/c1-22-12-13(17(27)23(2)19(22)28)5-6-15(26)24-8-10-25(11-9-24)18-21-14-4-3-7-20-16(14)29-18/h3-7,12H,8-11H2,1-2H3/b6-5+. The number of carbonyl (C=O) groups is 1. The zero-order valence-electron chi connectivity index (χ0n) is 16.1. The second-order valence-electron chi connectivity index (χ2n) is 6.81. The molecule has 4 rings (SSSR count). The molecule has 0 N–H and O–H groups in total. The lowest BCUT2D eigenvalue weighted by molar-refractivity contribution is -0.126. The molecular weight excluding hydrogens is 392 g/mol. The van der Waals surface area contributed by atoms with E-state index >= 15 is 0 Å². The largest absolute Gasteiger partial charge is 0.344 e. The summed E-state index contributed by atoms with van der Waals surface area (Å²) in [5, 5.41) is 0.912. The number of piperazine rings is 1. The van der Waals surface area contributed by atoms with Gasteiger partial charge in [0, 0.05) is 58.7 Å². The Kier molecular flexibility index (Phi) is 5.01. The van der Waals surface area contributed by atoms with Gasteiger partial charge in [0.05, 0.1) is 5.56 Å². The second kappa shape index (κ2) is 7.63. The van der Waals surface area contributed by atoms with E-state index in [0.717, 1.165) is 20.0 Å². The van der Waals surface area contributed by atoms with Gasteiger partial charge in [-0.05, 0) is 18.2 Å². The fraction of sp³-hybridized carbons (Fsp3) is 0.316. The van der Waals surface area contributed by atoms with Gasteiger partial charge >= 0.3 is 5.69 Å². The minimum absolute atomic E-state index is 0.161. The van der Waals surface area contributed by atoms with Crippen LogP contribution in [0.2, 0.25) is 0 Å². The third kappa shape index (κ3) is 3.70. The van der Waals surface area contributed by atoms with E-state index in [2.05, 4.69) is 14.9 Å². The molecule has 0 bridgehead atoms. The Morgan fingerprint density at radius 3 is 2.66 bits per heavy atom. The molecule has 150 valence electrons. The van der Waals surface area contributed by atoms with Crippen LogP contribution in [0.1, 0.15) is 5.56 Å². The number of hydrogen-bond acceptors (Lipinski definition) is 7. The molecule has 10 heteroatoms. The number of pyridine rings is 1. The SMILES string of the molecule is Cn1cc(/C=C/C(=O)N2CCN(c3nc4cccnc4s3)CC2)c(=O)n(C)c1=O. The highest BCUT2D eigenvalue weighted by Crippen LogP contribution is 2.27. The van der Waals surface area contributed by atoms with E-state index in [1.54, 1.807) is 29.5 Å². The lowest BCUT2D eigenvalue weighted by Gasteiger charge is -2.34. The van der Waals surface area contributed by atoms with E-state index in [-0.39, 0.29) is 5.91 Å². The zero-order chi connectivity index (χ0) is 20.5. The predicted octanol–water partition coefficient (Wildman–Crippen LogP) is 0.451. The number of amides is 1. The highest BCUT2D eigenvalue weighted by atomic mass is 32.1. The van der Waals surface area contributed by atoms with Crippen LogP contribution in [0.3, 0.4) is 0 Å². The van der Waals surface area contributed by atoms with Crippen LogP contribution in [0.4, 0.5) is 5.13 Å². The van der Waals surface area contributed by atoms with Crippen molar-refractivity contribution in [2.75, 3.05) is 31.1 Å². The van der Waals surface area contributed by atoms with E-state index in [9.17, 15) is 14.4 Å². The van der Waals surface area contributed by atoms with E-state index in [1.807, 2.05) is 12.1 Å². The number of hydrogen-bond donors (Lipinski definition) is 0. The first kappa shape index (κ1) is 19.1. The van der Waals surface area contributed by atoms with Crippen molar-refractivity contribution in [3.05, 3.63) is 57.0 Å². The van der Waals surface area contributed by atoms with Crippen molar-refractivity contribution in [2.24, 2.45) is 14.1 Å². The van der Waals surface area contributed by atoms with Crippen molar-refractivity contribution in [3.63, 3.8) is 0 Å². The molecule has 1 fully saturated rings. The fourth-order valence-electron chi connectivity index (χ4n) is 3.23. The quantitative estimate of drug-likeness (QED) is 0.580. The van der Waals surface area contributed by atoms with Crippen molar-refractivity contribution < 1.29 is 4.79 Å². The van der Waals surface area contributed by atoms with Gasteiger partial charge in [0.25, 0.3) is 5.56 Å². The Morgan fingerprint density at radius 1 is 1.17 bits per heavy atom. The number of rotatable bonds is 3. The summed E-state index contributed by atoms with van der Waals surface area (Å²) in [4.78, 5) is 50.2.